The Morgan fingerprint density at radius 3 is 2.47 bits per heavy atom. The summed E-state index contributed by atoms with van der Waals surface area (Å²) in [7, 11) is 0. The van der Waals surface area contributed by atoms with Crippen LogP contribution in [0, 0.1) is 21.7 Å². The molecule has 1 aromatic heterocycles. The first-order valence-corrected chi connectivity index (χ1v) is 9.83. The van der Waals surface area contributed by atoms with Crippen LogP contribution in [-0.4, -0.2) is 14.9 Å². The van der Waals surface area contributed by atoms with E-state index in [0.29, 0.717) is 27.9 Å². The molecule has 0 atom stereocenters. The van der Waals surface area contributed by atoms with Gasteiger partial charge in [0.05, 0.1) is 10.4 Å². The Kier molecular flexibility index (Phi) is 5.53. The number of aromatic nitrogens is 2. The first-order valence-electron chi connectivity index (χ1n) is 8.84. The van der Waals surface area contributed by atoms with Gasteiger partial charge in [0.15, 0.2) is 16.8 Å². The van der Waals surface area contributed by atoms with Crippen molar-refractivity contribution in [1.82, 2.24) is 9.97 Å². The largest absolute Gasteiger partial charge is 0.339 e. The molecule has 1 N–H and O–H groups in total. The van der Waals surface area contributed by atoms with Crippen molar-refractivity contribution in [3.8, 4) is 0 Å². The number of benzene rings is 3. The minimum absolute atomic E-state index is 0.0312. The van der Waals surface area contributed by atoms with E-state index in [1.807, 2.05) is 24.3 Å². The van der Waals surface area contributed by atoms with Gasteiger partial charge in [-0.25, -0.2) is 18.7 Å². The number of para-hydroxylation sites is 1. The van der Waals surface area contributed by atoms with Crippen molar-refractivity contribution in [1.29, 1.82) is 0 Å². The lowest BCUT2D eigenvalue weighted by Gasteiger charge is -2.11. The second-order valence-electron chi connectivity index (χ2n) is 6.34. The van der Waals surface area contributed by atoms with Gasteiger partial charge in [0.1, 0.15) is 5.82 Å². The highest BCUT2D eigenvalue weighted by Gasteiger charge is 2.11. The molecule has 4 aromatic rings. The van der Waals surface area contributed by atoms with Crippen molar-refractivity contribution >= 4 is 39.9 Å². The minimum atomic E-state index is -0.953. The van der Waals surface area contributed by atoms with Crippen molar-refractivity contribution < 1.29 is 13.7 Å². The zero-order valence-corrected chi connectivity index (χ0v) is 16.2. The second kappa shape index (κ2) is 8.42. The number of hydrogen-bond donors (Lipinski definition) is 1. The monoisotopic (exact) mass is 424 g/mol. The fraction of sp³-hybridized carbons (Fsp3) is 0.0476. The zero-order valence-electron chi connectivity index (χ0n) is 15.4. The molecular weight excluding hydrogens is 410 g/mol. The number of thioether (sulfide) groups is 1. The maximum atomic E-state index is 13.6. The smallest absolute Gasteiger partial charge is 0.269 e. The first kappa shape index (κ1) is 19.7. The van der Waals surface area contributed by atoms with E-state index >= 15 is 0 Å². The van der Waals surface area contributed by atoms with Crippen LogP contribution in [0.2, 0.25) is 0 Å². The van der Waals surface area contributed by atoms with Crippen molar-refractivity contribution in [2.24, 2.45) is 0 Å². The van der Waals surface area contributed by atoms with Crippen LogP contribution < -0.4 is 5.32 Å². The molecule has 0 radical (unpaired) electrons. The maximum Gasteiger partial charge on any atom is 0.269 e. The lowest BCUT2D eigenvalue weighted by Crippen LogP contribution is -1.99. The molecule has 0 aliphatic carbocycles. The van der Waals surface area contributed by atoms with Crippen LogP contribution in [0.3, 0.4) is 0 Å². The van der Waals surface area contributed by atoms with Gasteiger partial charge >= 0.3 is 0 Å². The van der Waals surface area contributed by atoms with E-state index in [1.54, 1.807) is 12.1 Å². The minimum Gasteiger partial charge on any atom is -0.339 e. The van der Waals surface area contributed by atoms with Crippen LogP contribution in [-0.2, 0) is 5.75 Å². The molecule has 3 aromatic carbocycles. The summed E-state index contributed by atoms with van der Waals surface area (Å²) in [6.07, 6.45) is 0. The number of nitro benzene ring substituents is 1. The van der Waals surface area contributed by atoms with Gasteiger partial charge in [-0.1, -0.05) is 36.0 Å². The Morgan fingerprint density at radius 1 is 0.967 bits per heavy atom. The summed E-state index contributed by atoms with van der Waals surface area (Å²) in [6.45, 7) is 0. The van der Waals surface area contributed by atoms with Crippen LogP contribution in [0.5, 0.6) is 0 Å². The van der Waals surface area contributed by atoms with Crippen molar-refractivity contribution in [3.63, 3.8) is 0 Å². The summed E-state index contributed by atoms with van der Waals surface area (Å²) in [4.78, 5) is 19.4. The number of anilines is 2. The number of non-ortho nitro benzene ring substituents is 1. The predicted octanol–water partition coefficient (Wildman–Crippen LogP) is 5.85. The average molecular weight is 424 g/mol. The molecule has 30 heavy (non-hydrogen) atoms. The normalized spacial score (nSPS) is 10.9. The number of halogens is 2. The summed E-state index contributed by atoms with van der Waals surface area (Å²) in [5, 5.41) is 15.0. The quantitative estimate of drug-likeness (QED) is 0.181. The molecule has 0 amide bonds. The Bertz CT molecular complexity index is 1240. The standard InChI is InChI=1S/C21H14F2N4O2S/c22-17-10-7-14(11-18(17)23)24-20-16-3-1-2-4-19(16)25-21(26-20)30-12-13-5-8-15(9-6-13)27(28)29/h1-11H,12H2,(H,24,25,26). The van der Waals surface area contributed by atoms with E-state index in [2.05, 4.69) is 15.3 Å². The van der Waals surface area contributed by atoms with Crippen molar-refractivity contribution in [2.45, 2.75) is 10.9 Å². The molecule has 1 heterocycles. The molecular formula is C21H14F2N4O2S. The van der Waals surface area contributed by atoms with Gasteiger partial charge in [-0.3, -0.25) is 10.1 Å². The van der Waals surface area contributed by atoms with Crippen LogP contribution in [0.25, 0.3) is 10.9 Å². The van der Waals surface area contributed by atoms with Gasteiger partial charge in [-0.05, 0) is 29.8 Å². The zero-order chi connectivity index (χ0) is 21.1. The van der Waals surface area contributed by atoms with Crippen LogP contribution in [0.1, 0.15) is 5.56 Å². The van der Waals surface area contributed by atoms with E-state index in [-0.39, 0.29) is 5.69 Å². The number of fused-ring (bicyclic) bond motifs is 1. The summed E-state index contributed by atoms with van der Waals surface area (Å²) in [5.41, 5.74) is 1.98. The fourth-order valence-corrected chi connectivity index (χ4v) is 3.59. The summed E-state index contributed by atoms with van der Waals surface area (Å²) >= 11 is 1.37. The lowest BCUT2D eigenvalue weighted by molar-refractivity contribution is -0.384. The molecule has 4 rings (SSSR count). The van der Waals surface area contributed by atoms with Gasteiger partial charge in [0.2, 0.25) is 0 Å². The van der Waals surface area contributed by atoms with Crippen LogP contribution in [0.15, 0.2) is 71.9 Å². The van der Waals surface area contributed by atoms with E-state index < -0.39 is 16.6 Å². The molecule has 0 spiro atoms. The Labute approximate surface area is 174 Å². The summed E-state index contributed by atoms with van der Waals surface area (Å²) < 4.78 is 26.8. The fourth-order valence-electron chi connectivity index (χ4n) is 2.79. The number of rotatable bonds is 6. The van der Waals surface area contributed by atoms with Gasteiger partial charge in [0.25, 0.3) is 5.69 Å². The highest BCUT2D eigenvalue weighted by atomic mass is 32.2. The van der Waals surface area contributed by atoms with Gasteiger partial charge in [-0.2, -0.15) is 0 Å². The second-order valence-corrected chi connectivity index (χ2v) is 7.28. The number of nitro groups is 1. The third kappa shape index (κ3) is 4.36. The van der Waals surface area contributed by atoms with Crippen molar-refractivity contribution in [3.05, 3.63) is 94.0 Å². The summed E-state index contributed by atoms with van der Waals surface area (Å²) in [6, 6.07) is 17.2. The predicted molar refractivity (Wildman–Crippen MR) is 112 cm³/mol. The molecule has 0 aliphatic heterocycles. The summed E-state index contributed by atoms with van der Waals surface area (Å²) in [5.74, 6) is -0.891. The van der Waals surface area contributed by atoms with Gasteiger partial charge < -0.3 is 5.32 Å². The van der Waals surface area contributed by atoms with E-state index in [0.717, 1.165) is 23.1 Å². The number of hydrogen-bond acceptors (Lipinski definition) is 6. The molecule has 0 saturated carbocycles. The van der Waals surface area contributed by atoms with Gasteiger partial charge in [-0.15, -0.1) is 0 Å². The SMILES string of the molecule is O=[N+]([O-])c1ccc(CSc2nc(Nc3ccc(F)c(F)c3)c3ccccc3n2)cc1. The molecule has 9 heteroatoms. The third-order valence-corrected chi connectivity index (χ3v) is 5.20. The van der Waals surface area contributed by atoms with Crippen LogP contribution in [0.4, 0.5) is 26.0 Å². The number of nitrogens with zero attached hydrogens (tertiary/aromatic N) is 3. The number of nitrogens with one attached hydrogen (secondary N) is 1. The molecule has 0 bridgehead atoms. The molecule has 0 unspecified atom stereocenters. The molecule has 150 valence electrons. The van der Waals surface area contributed by atoms with Gasteiger partial charge in [0, 0.05) is 35.0 Å². The van der Waals surface area contributed by atoms with Crippen molar-refractivity contribution in [2.75, 3.05) is 5.32 Å². The first-order chi connectivity index (χ1) is 14.5. The Balaban J connectivity index is 1.60. The highest BCUT2D eigenvalue weighted by Crippen LogP contribution is 2.29. The van der Waals surface area contributed by atoms with E-state index in [9.17, 15) is 18.9 Å². The Hall–Kier alpha value is -3.59. The topological polar surface area (TPSA) is 81.0 Å². The molecule has 0 aliphatic rings. The van der Waals surface area contributed by atoms with E-state index in [4.69, 9.17) is 0 Å². The van der Waals surface area contributed by atoms with Crippen LogP contribution >= 0.6 is 11.8 Å². The highest BCUT2D eigenvalue weighted by molar-refractivity contribution is 7.98. The molecule has 0 saturated heterocycles. The maximum absolute atomic E-state index is 13.6. The average Bonchev–Trinajstić information content (AvgIpc) is 2.75. The molecule has 0 fully saturated rings. The third-order valence-electron chi connectivity index (χ3n) is 4.28. The van der Waals surface area contributed by atoms with E-state index in [1.165, 1.54) is 30.0 Å². The lowest BCUT2D eigenvalue weighted by atomic mass is 10.2. The molecule has 6 nitrogen and oxygen atoms in total. The Morgan fingerprint density at radius 2 is 1.73 bits per heavy atom.